The number of hydrogen-bond acceptors (Lipinski definition) is 16. The summed E-state index contributed by atoms with van der Waals surface area (Å²) in [5.41, 5.74) is 4.63. The summed E-state index contributed by atoms with van der Waals surface area (Å²) < 4.78 is 30.4. The number of aliphatic hydroxyl groups is 3. The Balaban J connectivity index is 1.48. The Hall–Kier alpha value is -6.01. The minimum atomic E-state index is -1.98. The molecule has 17 nitrogen and oxygen atoms in total. The number of allylic oxidation sites excluding steroid dienone is 2. The molecule has 1 fully saturated rings. The number of benzene rings is 3. The molecule has 4 heterocycles. The molecule has 3 aromatic carbocycles. The number of phenolic OH excluding ortho intramolecular Hbond substituents is 1. The molecule has 0 aliphatic carbocycles. The maximum Gasteiger partial charge on any atom is 0.307 e. The van der Waals surface area contributed by atoms with Gasteiger partial charge in [-0.05, 0) is 32.8 Å². The van der Waals surface area contributed by atoms with Crippen molar-refractivity contribution in [3.8, 4) is 11.5 Å². The lowest BCUT2D eigenvalue weighted by molar-refractivity contribution is -0.160. The number of phenols is 1. The van der Waals surface area contributed by atoms with Crippen LogP contribution in [-0.2, 0) is 23.8 Å². The fraction of sp³-hybridized carbons (Fsp3) is 0.479. The van der Waals surface area contributed by atoms with Gasteiger partial charge >= 0.3 is 11.8 Å². The molecule has 0 unspecified atom stereocenters. The zero-order valence-electron chi connectivity index (χ0n) is 38.0. The summed E-state index contributed by atoms with van der Waals surface area (Å²) in [6.45, 7) is 13.8. The van der Waals surface area contributed by atoms with Crippen molar-refractivity contribution in [2.24, 2.45) is 29.4 Å². The Morgan fingerprint density at radius 2 is 1.66 bits per heavy atom. The number of ether oxygens (including phenoxy) is 4. The number of carbonyl (C=O) groups excluding carboxylic acids is 2. The molecule has 0 spiro atoms. The third-order valence-electron chi connectivity index (χ3n) is 13.3. The van der Waals surface area contributed by atoms with E-state index < -0.39 is 88.1 Å². The van der Waals surface area contributed by atoms with Gasteiger partial charge in [0.05, 0.1) is 35.2 Å². The predicted octanol–water partition coefficient (Wildman–Crippen LogP) is 4.49. The Morgan fingerprint density at radius 3 is 2.32 bits per heavy atom. The number of anilines is 2. The van der Waals surface area contributed by atoms with Gasteiger partial charge in [-0.25, -0.2) is 4.98 Å². The highest BCUT2D eigenvalue weighted by Gasteiger charge is 2.44. The second-order valence-electron chi connectivity index (χ2n) is 17.9. The molecule has 0 saturated carbocycles. The van der Waals surface area contributed by atoms with E-state index in [-0.39, 0.29) is 66.8 Å². The Bertz CT molecular complexity index is 2830. The van der Waals surface area contributed by atoms with Gasteiger partial charge in [-0.2, -0.15) is 0 Å². The van der Waals surface area contributed by atoms with Crippen LogP contribution in [0.2, 0.25) is 0 Å². The van der Waals surface area contributed by atoms with Gasteiger partial charge in [0.15, 0.2) is 22.4 Å². The van der Waals surface area contributed by atoms with Crippen molar-refractivity contribution in [3.63, 3.8) is 0 Å². The normalized spacial score (nSPS) is 29.7. The Morgan fingerprint density at radius 1 is 0.969 bits per heavy atom. The molecule has 4 aromatic rings. The molecular formula is C48H58N4O13. The van der Waals surface area contributed by atoms with E-state index in [0.29, 0.717) is 31.6 Å². The average Bonchev–Trinajstić information content (AvgIpc) is 3.54. The number of nitrogens with two attached hydrogens (primary N) is 1. The van der Waals surface area contributed by atoms with Gasteiger partial charge in [-0.15, -0.1) is 0 Å². The number of methoxy groups -OCH3 is 1. The minimum absolute atomic E-state index is 0.0161. The second kappa shape index (κ2) is 18.1. The van der Waals surface area contributed by atoms with Crippen molar-refractivity contribution < 1.29 is 53.4 Å². The fourth-order valence-electron chi connectivity index (χ4n) is 9.22. The summed E-state index contributed by atoms with van der Waals surface area (Å²) in [6, 6.07) is 3.10. The number of aromatic nitrogens is 1. The van der Waals surface area contributed by atoms with Gasteiger partial charge < -0.3 is 59.7 Å². The van der Waals surface area contributed by atoms with Crippen LogP contribution in [0.3, 0.4) is 0 Å². The first-order valence-electron chi connectivity index (χ1n) is 21.8. The van der Waals surface area contributed by atoms with Crippen molar-refractivity contribution in [1.82, 2.24) is 4.98 Å². The Labute approximate surface area is 374 Å². The fourth-order valence-corrected chi connectivity index (χ4v) is 9.22. The monoisotopic (exact) mass is 898 g/mol. The maximum atomic E-state index is 14.8. The lowest BCUT2D eigenvalue weighted by atomic mass is 9.78. The summed E-state index contributed by atoms with van der Waals surface area (Å²) in [5.74, 6) is -6.97. The molecule has 1 aromatic heterocycles. The van der Waals surface area contributed by atoms with E-state index in [1.54, 1.807) is 45.9 Å². The molecule has 348 valence electrons. The number of aromatic hydroxyl groups is 1. The van der Waals surface area contributed by atoms with E-state index in [4.69, 9.17) is 34.1 Å². The number of carbonyl (C=O) groups is 2. The summed E-state index contributed by atoms with van der Waals surface area (Å²) >= 11 is 0. The molecule has 17 heteroatoms. The predicted molar refractivity (Wildman–Crippen MR) is 244 cm³/mol. The minimum Gasteiger partial charge on any atom is -0.507 e. The van der Waals surface area contributed by atoms with Crippen molar-refractivity contribution >= 4 is 62.0 Å². The number of esters is 1. The molecule has 1 saturated heterocycles. The standard InChI is InChI=1S/C48H58N4O13/c1-21-11-10-12-22(2)47(60)51-38-42(58)34-33(37-45(38)64-32-20-29(19-30(54)36(32)50-37)52-16-13-28(49)14-17-52)35-44(26(6)41(34)57)65-48(8,46(35)59)62-18-15-31(61-9)23(3)43(63-27(7)53)25(5)40(56)24(4)39(21)55/h10-12,15,18-21,23-25,28,31,39-40,43,55-57,59H,13-14,16-17,49H2,1-9H3,(H,51,60)/b11-10-,18-15?,22-12-/t21-,23+,24+,25+,31-,39-,40+,43+,48-/m0/s1. The van der Waals surface area contributed by atoms with Crippen LogP contribution in [0.15, 0.2) is 62.3 Å². The van der Waals surface area contributed by atoms with E-state index in [1.165, 1.54) is 59.3 Å². The van der Waals surface area contributed by atoms with E-state index in [2.05, 4.69) is 5.32 Å². The number of fused-ring (bicyclic) bond motifs is 2. The quantitative estimate of drug-likeness (QED) is 0.0941. The van der Waals surface area contributed by atoms with Gasteiger partial charge in [0.25, 0.3) is 5.91 Å². The van der Waals surface area contributed by atoms with Crippen LogP contribution < -0.4 is 36.8 Å². The summed E-state index contributed by atoms with van der Waals surface area (Å²) in [4.78, 5) is 61.9. The summed E-state index contributed by atoms with van der Waals surface area (Å²) in [5, 5.41) is 49.1. The number of nitrogens with zero attached hydrogens (tertiary/aromatic N) is 2. The molecule has 3 aliphatic rings. The third kappa shape index (κ3) is 8.53. The molecule has 7 N–H and O–H groups in total. The number of amides is 1. The van der Waals surface area contributed by atoms with Crippen LogP contribution in [0.25, 0.3) is 38.7 Å². The van der Waals surface area contributed by atoms with Crippen molar-refractivity contribution in [2.45, 2.75) is 104 Å². The zero-order chi connectivity index (χ0) is 47.4. The first kappa shape index (κ1) is 47.0. The highest BCUT2D eigenvalue weighted by molar-refractivity contribution is 6.16. The van der Waals surface area contributed by atoms with Crippen molar-refractivity contribution in [3.05, 3.63) is 79.5 Å². The van der Waals surface area contributed by atoms with Crippen LogP contribution in [-0.4, -0.2) is 93.7 Å². The van der Waals surface area contributed by atoms with Crippen LogP contribution >= 0.6 is 0 Å². The average molecular weight is 899 g/mol. The Kier molecular flexibility index (Phi) is 13.1. The molecule has 3 aliphatic heterocycles. The van der Waals surface area contributed by atoms with Gasteiger partial charge in [0.2, 0.25) is 10.9 Å². The summed E-state index contributed by atoms with van der Waals surface area (Å²) in [7, 11) is 1.44. The highest BCUT2D eigenvalue weighted by atomic mass is 16.7. The van der Waals surface area contributed by atoms with E-state index >= 15 is 0 Å². The largest absolute Gasteiger partial charge is 0.507 e. The number of piperidine rings is 1. The van der Waals surface area contributed by atoms with E-state index in [9.17, 15) is 39.6 Å². The molecular weight excluding hydrogens is 841 g/mol. The van der Waals surface area contributed by atoms with Crippen molar-refractivity contribution in [1.29, 1.82) is 0 Å². The van der Waals surface area contributed by atoms with Crippen LogP contribution in [0.5, 0.6) is 11.5 Å². The topological polar surface area (TPSA) is 253 Å². The maximum absolute atomic E-state index is 14.8. The van der Waals surface area contributed by atoms with Crippen LogP contribution in [0, 0.1) is 30.6 Å². The molecule has 4 bridgehead atoms. The third-order valence-corrected chi connectivity index (χ3v) is 13.3. The van der Waals surface area contributed by atoms with Crippen LogP contribution in [0.1, 0.15) is 66.9 Å². The lowest BCUT2D eigenvalue weighted by Crippen LogP contribution is -2.46. The second-order valence-corrected chi connectivity index (χ2v) is 17.9. The summed E-state index contributed by atoms with van der Waals surface area (Å²) in [6.07, 6.45) is 4.94. The molecule has 0 radical (unpaired) electrons. The number of hydrogen-bond donors (Lipinski definition) is 6. The zero-order valence-corrected chi connectivity index (χ0v) is 38.0. The van der Waals surface area contributed by atoms with E-state index in [0.717, 1.165) is 0 Å². The first-order valence-corrected chi connectivity index (χ1v) is 21.8. The SMILES string of the molecule is CO[C@H]1C=CO[C@@]2(C)Oc3c(C)c(O)c4c(=O)c(c5oc6cc(N7CCC(N)CC7)cc(=O)c6nc5c4c3=C2O)NC(=O)/C(C)=C\C=C/[C@H](C)[C@H](O)[C@@H](C)[C@@H](O)[C@@H](C)[C@H](OC(C)=O)[C@@H]1C. The van der Waals surface area contributed by atoms with E-state index in [1.807, 2.05) is 4.90 Å². The molecule has 1 amide bonds. The van der Waals surface area contributed by atoms with Gasteiger partial charge in [-0.3, -0.25) is 19.2 Å². The van der Waals surface area contributed by atoms with Gasteiger partial charge in [0.1, 0.15) is 28.8 Å². The first-order chi connectivity index (χ1) is 30.7. The smallest absolute Gasteiger partial charge is 0.307 e. The molecule has 65 heavy (non-hydrogen) atoms. The molecule has 7 rings (SSSR count). The van der Waals surface area contributed by atoms with Crippen molar-refractivity contribution in [2.75, 3.05) is 30.4 Å². The number of nitrogens with one attached hydrogen (secondary N) is 1. The number of aliphatic hydroxyl groups excluding tert-OH is 3. The van der Waals surface area contributed by atoms with Gasteiger partial charge in [-0.1, -0.05) is 45.9 Å². The highest BCUT2D eigenvalue weighted by Crippen LogP contribution is 2.42. The lowest BCUT2D eigenvalue weighted by Gasteiger charge is -2.38. The molecule has 9 atom stereocenters. The van der Waals surface area contributed by atoms with Gasteiger partial charge in [0, 0.05) is 98.1 Å². The van der Waals surface area contributed by atoms with Crippen LogP contribution in [0.4, 0.5) is 11.4 Å². The number of rotatable bonds is 3.